The van der Waals surface area contributed by atoms with E-state index in [1.165, 1.54) is 39.0 Å². The number of benzene rings is 4. The van der Waals surface area contributed by atoms with Crippen molar-refractivity contribution < 1.29 is 0 Å². The molecule has 2 aliphatic rings. The number of nitrogens with two attached hydrogens (primary N) is 1. The average molecular weight is 576 g/mol. The highest BCUT2D eigenvalue weighted by Crippen LogP contribution is 2.33. The van der Waals surface area contributed by atoms with Crippen molar-refractivity contribution in [3.05, 3.63) is 173 Å². The SMILES string of the molecule is CC(N=C(NC(C)c1ccccc1)c1ccc(C2=CCCC=C2)cc1)c1cccc(C2=CC(c3cccc(N)c3)CC=C2)c1. The summed E-state index contributed by atoms with van der Waals surface area (Å²) in [7, 11) is 0. The summed E-state index contributed by atoms with van der Waals surface area (Å²) in [5.41, 5.74) is 16.6. The van der Waals surface area contributed by atoms with Crippen molar-refractivity contribution in [1.29, 1.82) is 0 Å². The van der Waals surface area contributed by atoms with Crippen LogP contribution in [0, 0.1) is 0 Å². The fourth-order valence-electron chi connectivity index (χ4n) is 6.02. The van der Waals surface area contributed by atoms with E-state index in [-0.39, 0.29) is 12.1 Å². The lowest BCUT2D eigenvalue weighted by atomic mass is 9.87. The Balaban J connectivity index is 1.29. The molecule has 0 aliphatic heterocycles. The van der Waals surface area contributed by atoms with Crippen LogP contribution in [0.15, 0.2) is 145 Å². The van der Waals surface area contributed by atoms with Gasteiger partial charge in [-0.1, -0.05) is 121 Å². The van der Waals surface area contributed by atoms with Crippen LogP contribution < -0.4 is 11.1 Å². The summed E-state index contributed by atoms with van der Waals surface area (Å²) in [6.45, 7) is 4.38. The van der Waals surface area contributed by atoms with Gasteiger partial charge in [0.25, 0.3) is 0 Å². The number of allylic oxidation sites excluding steroid dienone is 8. The van der Waals surface area contributed by atoms with Gasteiger partial charge in [0.1, 0.15) is 5.84 Å². The fraction of sp³-hybridized carbons (Fsp3) is 0.195. The number of nitrogens with zero attached hydrogens (tertiary/aromatic N) is 1. The van der Waals surface area contributed by atoms with Gasteiger partial charge in [0.2, 0.25) is 0 Å². The number of hydrogen-bond acceptors (Lipinski definition) is 2. The zero-order valence-electron chi connectivity index (χ0n) is 25.7. The zero-order chi connectivity index (χ0) is 30.3. The number of aliphatic imine (C=N–C) groups is 1. The molecule has 0 spiro atoms. The third-order valence-corrected chi connectivity index (χ3v) is 8.57. The Morgan fingerprint density at radius 1 is 0.750 bits per heavy atom. The molecule has 0 amide bonds. The Morgan fingerprint density at radius 3 is 2.30 bits per heavy atom. The summed E-state index contributed by atoms with van der Waals surface area (Å²) in [6, 6.07) is 36.5. The Hall–Kier alpha value is -4.89. The van der Waals surface area contributed by atoms with Crippen LogP contribution in [0.25, 0.3) is 11.1 Å². The Labute approximate surface area is 262 Å². The van der Waals surface area contributed by atoms with E-state index in [4.69, 9.17) is 10.7 Å². The second kappa shape index (κ2) is 13.6. The van der Waals surface area contributed by atoms with Crippen LogP contribution in [0.4, 0.5) is 5.69 Å². The normalized spacial score (nSPS) is 17.9. The van der Waals surface area contributed by atoms with Crippen LogP contribution in [-0.2, 0) is 0 Å². The third kappa shape index (κ3) is 7.01. The molecular formula is C41H41N3. The van der Waals surface area contributed by atoms with Crippen molar-refractivity contribution in [2.75, 3.05) is 5.73 Å². The van der Waals surface area contributed by atoms with Gasteiger partial charge in [-0.25, -0.2) is 0 Å². The molecule has 3 N–H and O–H groups in total. The predicted molar refractivity (Wildman–Crippen MR) is 188 cm³/mol. The van der Waals surface area contributed by atoms with E-state index >= 15 is 0 Å². The second-order valence-electron chi connectivity index (χ2n) is 11.8. The van der Waals surface area contributed by atoms with E-state index in [9.17, 15) is 0 Å². The standard InChI is InChI=1S/C41H41N3/c1-29(31-12-5-3-6-13-31)43-41(34-24-22-33(23-25-34)32-14-7-4-8-15-32)44-30(2)35-16-9-17-36(26-35)37-18-10-19-38(27-37)39-20-11-21-40(42)28-39/h3,5-7,9-18,20-30,38H,4,8,19,42H2,1-2H3,(H,43,44). The first-order chi connectivity index (χ1) is 21.5. The summed E-state index contributed by atoms with van der Waals surface area (Å²) in [6.07, 6.45) is 16.9. The molecular weight excluding hydrogens is 534 g/mol. The molecule has 3 nitrogen and oxygen atoms in total. The summed E-state index contributed by atoms with van der Waals surface area (Å²) < 4.78 is 0. The minimum Gasteiger partial charge on any atom is -0.399 e. The van der Waals surface area contributed by atoms with Gasteiger partial charge in [0.15, 0.2) is 0 Å². The summed E-state index contributed by atoms with van der Waals surface area (Å²) >= 11 is 0. The van der Waals surface area contributed by atoms with Gasteiger partial charge in [-0.3, -0.25) is 4.99 Å². The quantitative estimate of drug-likeness (QED) is 0.125. The van der Waals surface area contributed by atoms with Crippen LogP contribution in [0.3, 0.4) is 0 Å². The molecule has 0 saturated carbocycles. The van der Waals surface area contributed by atoms with Gasteiger partial charge in [-0.2, -0.15) is 0 Å². The maximum atomic E-state index is 6.09. The number of anilines is 1. The highest BCUT2D eigenvalue weighted by Gasteiger charge is 2.16. The molecule has 0 fully saturated rings. The molecule has 0 bridgehead atoms. The molecule has 3 atom stereocenters. The molecule has 0 aromatic heterocycles. The zero-order valence-corrected chi connectivity index (χ0v) is 25.7. The van der Waals surface area contributed by atoms with Crippen molar-refractivity contribution in [2.24, 2.45) is 4.99 Å². The van der Waals surface area contributed by atoms with Crippen LogP contribution in [0.5, 0.6) is 0 Å². The van der Waals surface area contributed by atoms with E-state index < -0.39 is 0 Å². The molecule has 6 rings (SSSR count). The molecule has 44 heavy (non-hydrogen) atoms. The second-order valence-corrected chi connectivity index (χ2v) is 11.8. The van der Waals surface area contributed by atoms with Crippen molar-refractivity contribution in [2.45, 2.75) is 51.1 Å². The number of nitrogens with one attached hydrogen (secondary N) is 1. The molecule has 0 saturated heterocycles. The van der Waals surface area contributed by atoms with E-state index in [1.54, 1.807) is 0 Å². The van der Waals surface area contributed by atoms with E-state index in [1.807, 2.05) is 12.1 Å². The topological polar surface area (TPSA) is 50.4 Å². The van der Waals surface area contributed by atoms with E-state index in [0.717, 1.165) is 36.3 Å². The maximum absolute atomic E-state index is 6.09. The summed E-state index contributed by atoms with van der Waals surface area (Å²) in [5.74, 6) is 1.22. The highest BCUT2D eigenvalue weighted by molar-refractivity contribution is 5.99. The smallest absolute Gasteiger partial charge is 0.129 e. The Bertz CT molecular complexity index is 1740. The van der Waals surface area contributed by atoms with Gasteiger partial charge in [0, 0.05) is 23.2 Å². The molecule has 0 heterocycles. The lowest BCUT2D eigenvalue weighted by molar-refractivity contribution is 0.703. The van der Waals surface area contributed by atoms with Gasteiger partial charge >= 0.3 is 0 Å². The Kier molecular flexibility index (Phi) is 9.03. The largest absolute Gasteiger partial charge is 0.399 e. The highest BCUT2D eigenvalue weighted by atomic mass is 15.0. The molecule has 3 unspecified atom stereocenters. The number of hydrogen-bond donors (Lipinski definition) is 2. The molecule has 4 aromatic rings. The first kappa shape index (κ1) is 29.2. The van der Waals surface area contributed by atoms with E-state index in [0.29, 0.717) is 5.92 Å². The van der Waals surface area contributed by atoms with Crippen LogP contribution in [0.1, 0.15) is 84.5 Å². The number of nitrogen functional groups attached to an aromatic ring is 1. The molecule has 3 heteroatoms. The first-order valence-electron chi connectivity index (χ1n) is 15.7. The summed E-state index contributed by atoms with van der Waals surface area (Å²) in [4.78, 5) is 5.31. The molecule has 2 aliphatic carbocycles. The minimum atomic E-state index is -0.0398. The lowest BCUT2D eigenvalue weighted by Gasteiger charge is -2.21. The molecule has 220 valence electrons. The lowest BCUT2D eigenvalue weighted by Crippen LogP contribution is -2.28. The van der Waals surface area contributed by atoms with Crippen LogP contribution in [-0.4, -0.2) is 5.84 Å². The summed E-state index contributed by atoms with van der Waals surface area (Å²) in [5, 5.41) is 3.74. The van der Waals surface area contributed by atoms with Gasteiger partial charge in [0.05, 0.1) is 6.04 Å². The van der Waals surface area contributed by atoms with Crippen molar-refractivity contribution in [3.63, 3.8) is 0 Å². The predicted octanol–water partition coefficient (Wildman–Crippen LogP) is 9.99. The monoisotopic (exact) mass is 575 g/mol. The van der Waals surface area contributed by atoms with Crippen molar-refractivity contribution in [3.8, 4) is 0 Å². The van der Waals surface area contributed by atoms with Gasteiger partial charge in [-0.05, 0) is 90.3 Å². The van der Waals surface area contributed by atoms with Gasteiger partial charge in [-0.15, -0.1) is 0 Å². The van der Waals surface area contributed by atoms with E-state index in [2.05, 4.69) is 147 Å². The molecule has 4 aromatic carbocycles. The Morgan fingerprint density at radius 2 is 1.52 bits per heavy atom. The minimum absolute atomic E-state index is 0.0398. The number of amidine groups is 1. The average Bonchev–Trinajstić information content (AvgIpc) is 3.09. The van der Waals surface area contributed by atoms with Crippen LogP contribution in [0.2, 0.25) is 0 Å². The third-order valence-electron chi connectivity index (χ3n) is 8.57. The van der Waals surface area contributed by atoms with Crippen molar-refractivity contribution in [1.82, 2.24) is 5.32 Å². The van der Waals surface area contributed by atoms with Crippen molar-refractivity contribution >= 4 is 22.7 Å². The number of rotatable bonds is 8. The van der Waals surface area contributed by atoms with Crippen LogP contribution >= 0.6 is 0 Å². The maximum Gasteiger partial charge on any atom is 0.129 e. The van der Waals surface area contributed by atoms with Gasteiger partial charge < -0.3 is 11.1 Å². The fourth-order valence-corrected chi connectivity index (χ4v) is 6.02. The first-order valence-corrected chi connectivity index (χ1v) is 15.7. The molecule has 0 radical (unpaired) electrons.